The van der Waals surface area contributed by atoms with Gasteiger partial charge in [-0.15, -0.1) is 11.8 Å². The minimum absolute atomic E-state index is 0.832. The quantitative estimate of drug-likeness (QED) is 0.749. The zero-order chi connectivity index (χ0) is 14.4. The molecule has 0 aromatic heterocycles. The second-order valence-electron chi connectivity index (χ2n) is 4.81. The van der Waals surface area contributed by atoms with E-state index in [0.29, 0.717) is 0 Å². The van der Waals surface area contributed by atoms with Gasteiger partial charge < -0.3 is 5.32 Å². The van der Waals surface area contributed by atoms with E-state index < -0.39 is 0 Å². The van der Waals surface area contributed by atoms with Gasteiger partial charge in [0.2, 0.25) is 0 Å². The average Bonchev–Trinajstić information content (AvgIpc) is 2.44. The van der Waals surface area contributed by atoms with Gasteiger partial charge >= 0.3 is 0 Å². The predicted octanol–water partition coefficient (Wildman–Crippen LogP) is 5.05. The van der Waals surface area contributed by atoms with Crippen LogP contribution in [0.5, 0.6) is 0 Å². The van der Waals surface area contributed by atoms with Crippen molar-refractivity contribution in [2.24, 2.45) is 0 Å². The van der Waals surface area contributed by atoms with Gasteiger partial charge in [0, 0.05) is 22.2 Å². The summed E-state index contributed by atoms with van der Waals surface area (Å²) in [7, 11) is 0. The summed E-state index contributed by atoms with van der Waals surface area (Å²) in [6.45, 7) is 6.01. The van der Waals surface area contributed by atoms with Crippen LogP contribution in [-0.2, 0) is 12.3 Å². The maximum Gasteiger partial charge on any atom is 0.0462 e. The molecule has 0 saturated carbocycles. The first kappa shape index (κ1) is 15.4. The molecule has 1 nitrogen and oxygen atoms in total. The van der Waals surface area contributed by atoms with Crippen molar-refractivity contribution in [1.82, 2.24) is 5.32 Å². The first-order valence-corrected chi connectivity index (χ1v) is 8.23. The molecule has 0 atom stereocenters. The molecule has 0 aliphatic rings. The molecule has 0 radical (unpaired) electrons. The average molecular weight is 306 g/mol. The van der Waals surface area contributed by atoms with Crippen LogP contribution in [0.1, 0.15) is 23.6 Å². The van der Waals surface area contributed by atoms with E-state index in [1.807, 2.05) is 11.8 Å². The van der Waals surface area contributed by atoms with Crippen molar-refractivity contribution in [1.29, 1.82) is 0 Å². The van der Waals surface area contributed by atoms with E-state index in [0.717, 1.165) is 29.4 Å². The highest BCUT2D eigenvalue weighted by atomic mass is 35.5. The molecular formula is C17H20ClNS. The molecule has 106 valence electrons. The Morgan fingerprint density at radius 3 is 2.70 bits per heavy atom. The summed E-state index contributed by atoms with van der Waals surface area (Å²) < 4.78 is 0. The van der Waals surface area contributed by atoms with Crippen molar-refractivity contribution in [3.05, 3.63) is 64.2 Å². The molecule has 0 saturated heterocycles. The lowest BCUT2D eigenvalue weighted by atomic mass is 10.2. The number of halogens is 1. The molecule has 0 spiro atoms. The van der Waals surface area contributed by atoms with E-state index in [2.05, 4.69) is 61.6 Å². The standard InChI is InChI=1S/C17H20ClNS/c1-3-19-11-15-7-8-16(10-17(15)18)20-12-14-6-4-5-13(2)9-14/h4-10,19H,3,11-12H2,1-2H3. The van der Waals surface area contributed by atoms with Crippen molar-refractivity contribution in [3.8, 4) is 0 Å². The molecule has 2 aromatic carbocycles. The zero-order valence-electron chi connectivity index (χ0n) is 11.9. The van der Waals surface area contributed by atoms with Crippen LogP contribution in [0.2, 0.25) is 5.02 Å². The van der Waals surface area contributed by atoms with E-state index >= 15 is 0 Å². The van der Waals surface area contributed by atoms with Gasteiger partial charge in [0.1, 0.15) is 0 Å². The van der Waals surface area contributed by atoms with Gasteiger partial charge in [0.15, 0.2) is 0 Å². The third-order valence-corrected chi connectivity index (χ3v) is 4.49. The van der Waals surface area contributed by atoms with Gasteiger partial charge in [0.25, 0.3) is 0 Å². The number of nitrogens with one attached hydrogen (secondary N) is 1. The summed E-state index contributed by atoms with van der Waals surface area (Å²) in [6, 6.07) is 15.0. The Labute approximate surface area is 130 Å². The molecular weight excluding hydrogens is 286 g/mol. The lowest BCUT2D eigenvalue weighted by molar-refractivity contribution is 0.726. The molecule has 1 N–H and O–H groups in total. The lowest BCUT2D eigenvalue weighted by Crippen LogP contribution is -2.11. The second-order valence-corrected chi connectivity index (χ2v) is 6.27. The third kappa shape index (κ3) is 4.55. The highest BCUT2D eigenvalue weighted by Crippen LogP contribution is 2.27. The third-order valence-electron chi connectivity index (χ3n) is 3.08. The summed E-state index contributed by atoms with van der Waals surface area (Å²) in [5.41, 5.74) is 3.82. The Morgan fingerprint density at radius 2 is 2.00 bits per heavy atom. The fourth-order valence-electron chi connectivity index (χ4n) is 1.99. The molecule has 0 aliphatic heterocycles. The highest BCUT2D eigenvalue weighted by Gasteiger charge is 2.03. The van der Waals surface area contributed by atoms with Gasteiger partial charge in [-0.25, -0.2) is 0 Å². The Hall–Kier alpha value is -0.960. The Bertz CT molecular complexity index is 569. The minimum atomic E-state index is 0.832. The molecule has 2 rings (SSSR count). The van der Waals surface area contributed by atoms with E-state index in [1.54, 1.807) is 0 Å². The zero-order valence-corrected chi connectivity index (χ0v) is 13.5. The van der Waals surface area contributed by atoms with Gasteiger partial charge in [-0.1, -0.05) is 54.4 Å². The van der Waals surface area contributed by atoms with Crippen LogP contribution in [0.3, 0.4) is 0 Å². The maximum absolute atomic E-state index is 6.32. The summed E-state index contributed by atoms with van der Waals surface area (Å²) in [5, 5.41) is 4.15. The first-order valence-electron chi connectivity index (χ1n) is 6.86. The fraction of sp³-hybridized carbons (Fsp3) is 0.294. The van der Waals surface area contributed by atoms with E-state index in [1.165, 1.54) is 16.0 Å². The van der Waals surface area contributed by atoms with Crippen molar-refractivity contribution in [3.63, 3.8) is 0 Å². The van der Waals surface area contributed by atoms with Gasteiger partial charge in [-0.05, 0) is 36.7 Å². The molecule has 0 heterocycles. The Balaban J connectivity index is 1.98. The number of benzene rings is 2. The smallest absolute Gasteiger partial charge is 0.0462 e. The van der Waals surface area contributed by atoms with Gasteiger partial charge in [-0.2, -0.15) is 0 Å². The minimum Gasteiger partial charge on any atom is -0.313 e. The van der Waals surface area contributed by atoms with Crippen LogP contribution >= 0.6 is 23.4 Å². The van der Waals surface area contributed by atoms with Crippen LogP contribution in [0, 0.1) is 6.92 Å². The Morgan fingerprint density at radius 1 is 1.15 bits per heavy atom. The Kier molecular flexibility index (Phi) is 5.96. The highest BCUT2D eigenvalue weighted by molar-refractivity contribution is 7.98. The maximum atomic E-state index is 6.32. The van der Waals surface area contributed by atoms with Crippen LogP contribution in [0.4, 0.5) is 0 Å². The van der Waals surface area contributed by atoms with E-state index in [4.69, 9.17) is 11.6 Å². The van der Waals surface area contributed by atoms with Crippen molar-refractivity contribution in [2.45, 2.75) is 31.0 Å². The molecule has 0 fully saturated rings. The number of thioether (sulfide) groups is 1. The molecule has 0 bridgehead atoms. The van der Waals surface area contributed by atoms with Crippen molar-refractivity contribution in [2.75, 3.05) is 6.54 Å². The van der Waals surface area contributed by atoms with Crippen LogP contribution in [0.15, 0.2) is 47.4 Å². The van der Waals surface area contributed by atoms with Gasteiger partial charge in [-0.3, -0.25) is 0 Å². The van der Waals surface area contributed by atoms with Crippen LogP contribution in [-0.4, -0.2) is 6.54 Å². The summed E-state index contributed by atoms with van der Waals surface area (Å²) in [6.07, 6.45) is 0. The fourth-order valence-corrected chi connectivity index (χ4v) is 3.18. The SMILES string of the molecule is CCNCc1ccc(SCc2cccc(C)c2)cc1Cl. The lowest BCUT2D eigenvalue weighted by Gasteiger charge is -2.08. The monoisotopic (exact) mass is 305 g/mol. The first-order chi connectivity index (χ1) is 9.69. The second kappa shape index (κ2) is 7.72. The number of hydrogen-bond acceptors (Lipinski definition) is 2. The molecule has 0 aliphatic carbocycles. The number of hydrogen-bond donors (Lipinski definition) is 1. The summed E-state index contributed by atoms with van der Waals surface area (Å²) in [4.78, 5) is 1.22. The summed E-state index contributed by atoms with van der Waals surface area (Å²) in [5.74, 6) is 0.977. The van der Waals surface area contributed by atoms with Crippen molar-refractivity contribution >= 4 is 23.4 Å². The van der Waals surface area contributed by atoms with Crippen LogP contribution < -0.4 is 5.32 Å². The summed E-state index contributed by atoms with van der Waals surface area (Å²) >= 11 is 8.14. The molecule has 3 heteroatoms. The van der Waals surface area contributed by atoms with Gasteiger partial charge in [0.05, 0.1) is 0 Å². The normalized spacial score (nSPS) is 10.8. The predicted molar refractivity (Wildman–Crippen MR) is 89.6 cm³/mol. The molecule has 20 heavy (non-hydrogen) atoms. The molecule has 0 amide bonds. The number of aryl methyl sites for hydroxylation is 1. The van der Waals surface area contributed by atoms with E-state index in [-0.39, 0.29) is 0 Å². The van der Waals surface area contributed by atoms with Crippen LogP contribution in [0.25, 0.3) is 0 Å². The topological polar surface area (TPSA) is 12.0 Å². The molecule has 0 unspecified atom stereocenters. The molecule has 2 aromatic rings. The van der Waals surface area contributed by atoms with E-state index in [9.17, 15) is 0 Å². The largest absolute Gasteiger partial charge is 0.313 e. The van der Waals surface area contributed by atoms with Crippen molar-refractivity contribution < 1.29 is 0 Å². The number of rotatable bonds is 6.